The number of carbonyl (C=O) groups excluding carboxylic acids is 1. The van der Waals surface area contributed by atoms with E-state index in [-0.39, 0.29) is 17.4 Å². The van der Waals surface area contributed by atoms with Crippen molar-refractivity contribution in [1.82, 2.24) is 5.32 Å². The van der Waals surface area contributed by atoms with Crippen molar-refractivity contribution in [2.45, 2.75) is 38.1 Å². The van der Waals surface area contributed by atoms with Crippen molar-refractivity contribution < 1.29 is 14.3 Å². The Balaban J connectivity index is 2.29. The van der Waals surface area contributed by atoms with Crippen molar-refractivity contribution in [2.24, 2.45) is 0 Å². The number of ether oxygens (including phenoxy) is 2. The molecule has 1 aliphatic rings. The highest BCUT2D eigenvalue weighted by atomic mass is 16.5. The van der Waals surface area contributed by atoms with E-state index in [1.807, 2.05) is 32.0 Å². The van der Waals surface area contributed by atoms with E-state index in [0.29, 0.717) is 11.5 Å². The van der Waals surface area contributed by atoms with Crippen LogP contribution in [0.3, 0.4) is 0 Å². The first-order valence-electron chi connectivity index (χ1n) is 6.57. The van der Waals surface area contributed by atoms with Crippen molar-refractivity contribution in [1.29, 1.82) is 0 Å². The zero-order valence-electron chi connectivity index (χ0n) is 11.9. The van der Waals surface area contributed by atoms with Crippen LogP contribution in [0.1, 0.15) is 32.3 Å². The highest BCUT2D eigenvalue weighted by Crippen LogP contribution is 2.50. The Bertz CT molecular complexity index is 478. The van der Waals surface area contributed by atoms with Crippen molar-refractivity contribution in [3.8, 4) is 11.5 Å². The van der Waals surface area contributed by atoms with Crippen LogP contribution in [-0.4, -0.2) is 26.2 Å². The molecule has 1 aromatic carbocycles. The summed E-state index contributed by atoms with van der Waals surface area (Å²) in [5.74, 6) is 1.46. The summed E-state index contributed by atoms with van der Waals surface area (Å²) < 4.78 is 10.5. The van der Waals surface area contributed by atoms with Gasteiger partial charge in [0.05, 0.1) is 19.6 Å². The zero-order valence-corrected chi connectivity index (χ0v) is 11.9. The molecule has 1 fully saturated rings. The molecule has 4 heteroatoms. The summed E-state index contributed by atoms with van der Waals surface area (Å²) >= 11 is 0. The second-order valence-corrected chi connectivity index (χ2v) is 5.28. The summed E-state index contributed by atoms with van der Waals surface area (Å²) in [6, 6.07) is 5.88. The van der Waals surface area contributed by atoms with Gasteiger partial charge in [0.25, 0.3) is 0 Å². The van der Waals surface area contributed by atoms with Gasteiger partial charge in [-0.1, -0.05) is 6.07 Å². The number of rotatable bonds is 5. The van der Waals surface area contributed by atoms with Gasteiger partial charge in [0.15, 0.2) is 11.5 Å². The second kappa shape index (κ2) is 5.11. The molecule has 1 N–H and O–H groups in total. The standard InChI is InChI=1S/C15H21NO3/c1-10(2)16-14(17)15(7-8-15)11-5-6-12(18-3)13(9-11)19-4/h5-6,9-10H,7-8H2,1-4H3,(H,16,17). The third kappa shape index (κ3) is 2.53. The predicted octanol–water partition coefficient (Wildman–Crippen LogP) is 2.26. The number of hydrogen-bond acceptors (Lipinski definition) is 3. The largest absolute Gasteiger partial charge is 0.493 e. The van der Waals surface area contributed by atoms with E-state index in [2.05, 4.69) is 5.32 Å². The molecule has 0 saturated heterocycles. The summed E-state index contributed by atoms with van der Waals surface area (Å²) in [6.07, 6.45) is 1.78. The fourth-order valence-corrected chi connectivity index (χ4v) is 2.31. The Labute approximate surface area is 114 Å². The number of carbonyl (C=O) groups is 1. The van der Waals surface area contributed by atoms with Gasteiger partial charge in [-0.15, -0.1) is 0 Å². The van der Waals surface area contributed by atoms with Crippen molar-refractivity contribution in [3.63, 3.8) is 0 Å². The molecule has 0 aliphatic heterocycles. The van der Waals surface area contributed by atoms with Crippen LogP contribution in [0.5, 0.6) is 11.5 Å². The number of hydrogen-bond donors (Lipinski definition) is 1. The van der Waals surface area contributed by atoms with Gasteiger partial charge in [0.1, 0.15) is 0 Å². The third-order valence-corrected chi connectivity index (χ3v) is 3.54. The molecule has 0 atom stereocenters. The number of benzene rings is 1. The predicted molar refractivity (Wildman–Crippen MR) is 73.7 cm³/mol. The van der Waals surface area contributed by atoms with Crippen LogP contribution in [0, 0.1) is 0 Å². The van der Waals surface area contributed by atoms with E-state index >= 15 is 0 Å². The van der Waals surface area contributed by atoms with E-state index in [4.69, 9.17) is 9.47 Å². The summed E-state index contributed by atoms with van der Waals surface area (Å²) in [6.45, 7) is 3.95. The lowest BCUT2D eigenvalue weighted by molar-refractivity contribution is -0.124. The van der Waals surface area contributed by atoms with Gasteiger partial charge < -0.3 is 14.8 Å². The molecule has 0 radical (unpaired) electrons. The smallest absolute Gasteiger partial charge is 0.230 e. The SMILES string of the molecule is COc1ccc(C2(C(=O)NC(C)C)CC2)cc1OC. The quantitative estimate of drug-likeness (QED) is 0.886. The molecular formula is C15H21NO3. The third-order valence-electron chi connectivity index (χ3n) is 3.54. The van der Waals surface area contributed by atoms with Gasteiger partial charge in [0.2, 0.25) is 5.91 Å². The molecule has 104 valence electrons. The molecule has 2 rings (SSSR count). The average molecular weight is 263 g/mol. The van der Waals surface area contributed by atoms with Crippen LogP contribution < -0.4 is 14.8 Å². The normalized spacial score (nSPS) is 16.1. The van der Waals surface area contributed by atoms with Crippen LogP contribution in [0.4, 0.5) is 0 Å². The first kappa shape index (κ1) is 13.7. The van der Waals surface area contributed by atoms with E-state index in [1.54, 1.807) is 14.2 Å². The molecule has 1 amide bonds. The molecule has 1 aliphatic carbocycles. The fourth-order valence-electron chi connectivity index (χ4n) is 2.31. The van der Waals surface area contributed by atoms with Crippen LogP contribution >= 0.6 is 0 Å². The number of nitrogens with one attached hydrogen (secondary N) is 1. The van der Waals surface area contributed by atoms with Gasteiger partial charge in [0, 0.05) is 6.04 Å². The summed E-state index contributed by atoms with van der Waals surface area (Å²) in [4.78, 5) is 12.3. The van der Waals surface area contributed by atoms with Crippen molar-refractivity contribution >= 4 is 5.91 Å². The van der Waals surface area contributed by atoms with Crippen molar-refractivity contribution in [3.05, 3.63) is 23.8 Å². The molecule has 4 nitrogen and oxygen atoms in total. The Morgan fingerprint density at radius 3 is 2.32 bits per heavy atom. The minimum atomic E-state index is -0.371. The van der Waals surface area contributed by atoms with Crippen LogP contribution in [0.15, 0.2) is 18.2 Å². The van der Waals surface area contributed by atoms with Crippen LogP contribution in [-0.2, 0) is 10.2 Å². The maximum Gasteiger partial charge on any atom is 0.230 e. The van der Waals surface area contributed by atoms with Gasteiger partial charge in [-0.2, -0.15) is 0 Å². The summed E-state index contributed by atoms with van der Waals surface area (Å²) in [5.41, 5.74) is 0.632. The molecule has 19 heavy (non-hydrogen) atoms. The van der Waals surface area contributed by atoms with Crippen molar-refractivity contribution in [2.75, 3.05) is 14.2 Å². The first-order valence-corrected chi connectivity index (χ1v) is 6.57. The average Bonchev–Trinajstić information content (AvgIpc) is 3.18. The summed E-state index contributed by atoms with van der Waals surface area (Å²) in [7, 11) is 3.21. The van der Waals surface area contributed by atoms with E-state index in [9.17, 15) is 4.79 Å². The Kier molecular flexibility index (Phi) is 3.69. The topological polar surface area (TPSA) is 47.6 Å². The lowest BCUT2D eigenvalue weighted by Crippen LogP contribution is -2.38. The molecule has 1 aromatic rings. The Morgan fingerprint density at radius 2 is 1.84 bits per heavy atom. The molecular weight excluding hydrogens is 242 g/mol. The minimum Gasteiger partial charge on any atom is -0.493 e. The highest BCUT2D eigenvalue weighted by Gasteiger charge is 2.51. The summed E-state index contributed by atoms with van der Waals surface area (Å²) in [5, 5.41) is 3.00. The maximum absolute atomic E-state index is 12.3. The maximum atomic E-state index is 12.3. The lowest BCUT2D eigenvalue weighted by atomic mass is 9.94. The van der Waals surface area contributed by atoms with E-state index < -0.39 is 0 Å². The van der Waals surface area contributed by atoms with Gasteiger partial charge in [-0.25, -0.2) is 0 Å². The first-order chi connectivity index (χ1) is 9.03. The molecule has 0 bridgehead atoms. The molecule has 0 spiro atoms. The number of amides is 1. The zero-order chi connectivity index (χ0) is 14.0. The minimum absolute atomic E-state index is 0.106. The second-order valence-electron chi connectivity index (χ2n) is 5.28. The number of methoxy groups -OCH3 is 2. The Morgan fingerprint density at radius 1 is 1.21 bits per heavy atom. The molecule has 0 aromatic heterocycles. The van der Waals surface area contributed by atoms with Gasteiger partial charge in [-0.05, 0) is 44.4 Å². The Hall–Kier alpha value is -1.71. The van der Waals surface area contributed by atoms with Gasteiger partial charge >= 0.3 is 0 Å². The molecule has 0 heterocycles. The van der Waals surface area contributed by atoms with Crippen LogP contribution in [0.25, 0.3) is 0 Å². The lowest BCUT2D eigenvalue weighted by Gasteiger charge is -2.19. The fraction of sp³-hybridized carbons (Fsp3) is 0.533. The monoisotopic (exact) mass is 263 g/mol. The molecule has 0 unspecified atom stereocenters. The molecule has 1 saturated carbocycles. The van der Waals surface area contributed by atoms with E-state index in [0.717, 1.165) is 18.4 Å². The van der Waals surface area contributed by atoms with E-state index in [1.165, 1.54) is 0 Å². The highest BCUT2D eigenvalue weighted by molar-refractivity contribution is 5.91. The van der Waals surface area contributed by atoms with Gasteiger partial charge in [-0.3, -0.25) is 4.79 Å². The van der Waals surface area contributed by atoms with Crippen LogP contribution in [0.2, 0.25) is 0 Å².